The van der Waals surface area contributed by atoms with Crippen LogP contribution in [-0.2, 0) is 14.4 Å². The fraction of sp³-hybridized carbons (Fsp3) is 0.786. The van der Waals surface area contributed by atoms with Crippen molar-refractivity contribution in [3.8, 4) is 0 Å². The van der Waals surface area contributed by atoms with Gasteiger partial charge in [0, 0.05) is 45.6 Å². The van der Waals surface area contributed by atoms with Crippen LogP contribution in [0.2, 0.25) is 0 Å². The Morgan fingerprint density at radius 1 is 1.14 bits per heavy atom. The molecule has 0 aliphatic carbocycles. The molecule has 1 unspecified atom stereocenters. The van der Waals surface area contributed by atoms with Gasteiger partial charge in [0.25, 0.3) is 0 Å². The van der Waals surface area contributed by atoms with Crippen LogP contribution < -0.4 is 5.32 Å². The van der Waals surface area contributed by atoms with Crippen molar-refractivity contribution in [2.24, 2.45) is 5.92 Å². The van der Waals surface area contributed by atoms with Crippen LogP contribution in [0.25, 0.3) is 0 Å². The lowest BCUT2D eigenvalue weighted by molar-refractivity contribution is -0.138. The minimum absolute atomic E-state index is 0.00131. The van der Waals surface area contributed by atoms with Crippen LogP contribution in [0.5, 0.6) is 0 Å². The fourth-order valence-electron chi connectivity index (χ4n) is 2.41. The molecule has 0 radical (unpaired) electrons. The molecule has 1 aliphatic rings. The first kappa shape index (κ1) is 17.4. The molecule has 1 fully saturated rings. The lowest BCUT2D eigenvalue weighted by Crippen LogP contribution is -2.51. The molecule has 1 aliphatic heterocycles. The molecule has 1 rings (SSSR count). The van der Waals surface area contributed by atoms with Gasteiger partial charge in [0.2, 0.25) is 11.8 Å². The third-order valence-corrected chi connectivity index (χ3v) is 3.51. The molecule has 0 aromatic heterocycles. The van der Waals surface area contributed by atoms with Crippen molar-refractivity contribution in [1.29, 1.82) is 0 Å². The van der Waals surface area contributed by atoms with E-state index in [1.165, 1.54) is 0 Å². The van der Waals surface area contributed by atoms with Crippen molar-refractivity contribution in [1.82, 2.24) is 15.1 Å². The Kier molecular flexibility index (Phi) is 7.14. The molecule has 0 aromatic rings. The van der Waals surface area contributed by atoms with Gasteiger partial charge in [-0.3, -0.25) is 19.3 Å². The molecule has 2 amide bonds. The summed E-state index contributed by atoms with van der Waals surface area (Å²) in [6.45, 7) is 7.19. The quantitative estimate of drug-likeness (QED) is 0.677. The van der Waals surface area contributed by atoms with Crippen molar-refractivity contribution < 1.29 is 19.5 Å². The SMILES string of the molecule is CCNC(=O)CN1CCN(C(=O)CC(C)CC(=O)O)CC1. The lowest BCUT2D eigenvalue weighted by Gasteiger charge is -2.34. The first-order valence-corrected chi connectivity index (χ1v) is 7.41. The highest BCUT2D eigenvalue weighted by atomic mass is 16.4. The molecule has 120 valence electrons. The van der Waals surface area contributed by atoms with Gasteiger partial charge >= 0.3 is 5.97 Å². The number of carbonyl (C=O) groups excluding carboxylic acids is 2. The van der Waals surface area contributed by atoms with Crippen LogP contribution in [0, 0.1) is 5.92 Å². The van der Waals surface area contributed by atoms with Gasteiger partial charge in [0.05, 0.1) is 6.54 Å². The van der Waals surface area contributed by atoms with Crippen LogP contribution in [0.1, 0.15) is 26.7 Å². The topological polar surface area (TPSA) is 90.0 Å². The Hall–Kier alpha value is -1.63. The number of carbonyl (C=O) groups is 3. The Balaban J connectivity index is 2.30. The summed E-state index contributed by atoms with van der Waals surface area (Å²) < 4.78 is 0. The van der Waals surface area contributed by atoms with Gasteiger partial charge in [-0.05, 0) is 12.8 Å². The van der Waals surface area contributed by atoms with Crippen molar-refractivity contribution >= 4 is 17.8 Å². The summed E-state index contributed by atoms with van der Waals surface area (Å²) in [6, 6.07) is 0. The minimum Gasteiger partial charge on any atom is -0.481 e. The predicted molar refractivity (Wildman–Crippen MR) is 77.7 cm³/mol. The first-order chi connectivity index (χ1) is 9.92. The average molecular weight is 299 g/mol. The van der Waals surface area contributed by atoms with Gasteiger partial charge < -0.3 is 15.3 Å². The molecule has 1 saturated heterocycles. The zero-order valence-electron chi connectivity index (χ0n) is 12.8. The summed E-state index contributed by atoms with van der Waals surface area (Å²) in [5.74, 6) is -1.01. The van der Waals surface area contributed by atoms with Gasteiger partial charge in [0.15, 0.2) is 0 Å². The van der Waals surface area contributed by atoms with Crippen molar-refractivity contribution in [3.63, 3.8) is 0 Å². The number of hydrogen-bond acceptors (Lipinski definition) is 4. The number of nitrogens with zero attached hydrogens (tertiary/aromatic N) is 2. The van der Waals surface area contributed by atoms with E-state index in [1.807, 2.05) is 11.8 Å². The van der Waals surface area contributed by atoms with Crippen LogP contribution in [0.3, 0.4) is 0 Å². The Bertz CT molecular complexity index is 378. The molecule has 0 saturated carbocycles. The lowest BCUT2D eigenvalue weighted by atomic mass is 10.0. The molecular formula is C14H25N3O4. The number of nitrogens with one attached hydrogen (secondary N) is 1. The van der Waals surface area contributed by atoms with E-state index >= 15 is 0 Å². The monoisotopic (exact) mass is 299 g/mol. The molecule has 1 atom stereocenters. The molecular weight excluding hydrogens is 274 g/mol. The van der Waals surface area contributed by atoms with Crippen LogP contribution in [0.4, 0.5) is 0 Å². The second kappa shape index (κ2) is 8.61. The first-order valence-electron chi connectivity index (χ1n) is 7.41. The highest BCUT2D eigenvalue weighted by Gasteiger charge is 2.23. The third-order valence-electron chi connectivity index (χ3n) is 3.51. The number of likely N-dealkylation sites (N-methyl/N-ethyl adjacent to an activating group) is 1. The van der Waals surface area contributed by atoms with Gasteiger partial charge in [0.1, 0.15) is 0 Å². The summed E-state index contributed by atoms with van der Waals surface area (Å²) in [4.78, 5) is 37.9. The molecule has 0 spiro atoms. The van der Waals surface area contributed by atoms with E-state index < -0.39 is 5.97 Å². The van der Waals surface area contributed by atoms with Gasteiger partial charge in [-0.1, -0.05) is 6.92 Å². The number of amides is 2. The van der Waals surface area contributed by atoms with E-state index in [-0.39, 0.29) is 30.6 Å². The van der Waals surface area contributed by atoms with Crippen molar-refractivity contribution in [3.05, 3.63) is 0 Å². The van der Waals surface area contributed by atoms with Gasteiger partial charge in [-0.2, -0.15) is 0 Å². The number of carboxylic acid groups (broad SMARTS) is 1. The smallest absolute Gasteiger partial charge is 0.303 e. The molecule has 0 bridgehead atoms. The fourth-order valence-corrected chi connectivity index (χ4v) is 2.41. The van der Waals surface area contributed by atoms with Crippen LogP contribution in [-0.4, -0.2) is 72.0 Å². The molecule has 0 aromatic carbocycles. The van der Waals surface area contributed by atoms with E-state index in [9.17, 15) is 14.4 Å². The zero-order valence-corrected chi connectivity index (χ0v) is 12.8. The molecule has 2 N–H and O–H groups in total. The molecule has 1 heterocycles. The van der Waals surface area contributed by atoms with Crippen molar-refractivity contribution in [2.45, 2.75) is 26.7 Å². The summed E-state index contributed by atoms with van der Waals surface area (Å²) in [7, 11) is 0. The Morgan fingerprint density at radius 2 is 1.76 bits per heavy atom. The predicted octanol–water partition coefficient (Wildman–Crippen LogP) is -0.232. The number of aliphatic carboxylic acids is 1. The number of hydrogen-bond donors (Lipinski definition) is 2. The maximum atomic E-state index is 12.1. The van der Waals surface area contributed by atoms with Crippen LogP contribution >= 0.6 is 0 Å². The van der Waals surface area contributed by atoms with Gasteiger partial charge in [-0.15, -0.1) is 0 Å². The second-order valence-corrected chi connectivity index (χ2v) is 5.52. The van der Waals surface area contributed by atoms with E-state index in [0.29, 0.717) is 39.3 Å². The molecule has 21 heavy (non-hydrogen) atoms. The highest BCUT2D eigenvalue weighted by Crippen LogP contribution is 2.11. The zero-order chi connectivity index (χ0) is 15.8. The third kappa shape index (κ3) is 6.57. The number of piperazine rings is 1. The average Bonchev–Trinajstić information content (AvgIpc) is 2.38. The standard InChI is InChI=1S/C14H25N3O4/c1-3-15-12(18)10-16-4-6-17(7-5-16)13(19)8-11(2)9-14(20)21/h11H,3-10H2,1-2H3,(H,15,18)(H,20,21). The van der Waals surface area contributed by atoms with E-state index in [0.717, 1.165) is 0 Å². The summed E-state index contributed by atoms with van der Waals surface area (Å²) >= 11 is 0. The highest BCUT2D eigenvalue weighted by molar-refractivity contribution is 5.78. The maximum Gasteiger partial charge on any atom is 0.303 e. The number of rotatable bonds is 7. The Morgan fingerprint density at radius 3 is 2.29 bits per heavy atom. The maximum absolute atomic E-state index is 12.1. The van der Waals surface area contributed by atoms with Crippen molar-refractivity contribution in [2.75, 3.05) is 39.3 Å². The summed E-state index contributed by atoms with van der Waals surface area (Å²) in [5, 5.41) is 11.5. The van der Waals surface area contributed by atoms with E-state index in [1.54, 1.807) is 11.8 Å². The second-order valence-electron chi connectivity index (χ2n) is 5.52. The van der Waals surface area contributed by atoms with Gasteiger partial charge in [-0.25, -0.2) is 0 Å². The molecule has 7 heteroatoms. The minimum atomic E-state index is -0.873. The summed E-state index contributed by atoms with van der Waals surface area (Å²) in [6.07, 6.45) is 0.283. The Labute approximate surface area is 125 Å². The van der Waals surface area contributed by atoms with E-state index in [2.05, 4.69) is 5.32 Å². The normalized spacial score (nSPS) is 17.3. The van der Waals surface area contributed by atoms with E-state index in [4.69, 9.17) is 5.11 Å². The number of carboxylic acids is 1. The summed E-state index contributed by atoms with van der Waals surface area (Å²) in [5.41, 5.74) is 0. The van der Waals surface area contributed by atoms with Crippen LogP contribution in [0.15, 0.2) is 0 Å². The molecule has 7 nitrogen and oxygen atoms in total. The largest absolute Gasteiger partial charge is 0.481 e.